The minimum atomic E-state index is -4.51. The van der Waals surface area contributed by atoms with E-state index < -0.39 is 11.7 Å². The Labute approximate surface area is 76.3 Å². The van der Waals surface area contributed by atoms with Gasteiger partial charge in [-0.05, 0) is 12.1 Å². The van der Waals surface area contributed by atoms with Gasteiger partial charge in [-0.2, -0.15) is 13.2 Å². The van der Waals surface area contributed by atoms with Crippen molar-refractivity contribution in [1.82, 2.24) is 4.98 Å². The molecule has 1 aromatic heterocycles. The summed E-state index contributed by atoms with van der Waals surface area (Å²) in [4.78, 5) is 13.5. The van der Waals surface area contributed by atoms with Gasteiger partial charge in [0.15, 0.2) is 6.29 Å². The molecule has 0 aliphatic carbocycles. The first-order valence-electron chi connectivity index (χ1n) is 3.13. The highest BCUT2D eigenvalue weighted by molar-refractivity contribution is 6.29. The highest BCUT2D eigenvalue weighted by Gasteiger charge is 2.31. The van der Waals surface area contributed by atoms with Gasteiger partial charge < -0.3 is 0 Å². The molecule has 0 aromatic carbocycles. The maximum absolute atomic E-state index is 12.1. The summed E-state index contributed by atoms with van der Waals surface area (Å²) in [5.74, 6) is 0. The van der Waals surface area contributed by atoms with Crippen LogP contribution in [0.2, 0.25) is 5.15 Å². The predicted molar refractivity (Wildman–Crippen MR) is 39.6 cm³/mol. The molecule has 0 bridgehead atoms. The van der Waals surface area contributed by atoms with Crippen molar-refractivity contribution >= 4 is 17.9 Å². The zero-order chi connectivity index (χ0) is 10.1. The van der Waals surface area contributed by atoms with E-state index >= 15 is 0 Å². The van der Waals surface area contributed by atoms with Gasteiger partial charge in [0.05, 0.1) is 5.56 Å². The Balaban J connectivity index is 3.24. The standard InChI is InChI=1S/C7H3ClF3NO/c8-6-2-4(7(9,10)11)1-5(3-13)12-6/h1-3H. The van der Waals surface area contributed by atoms with Crippen LogP contribution in [0.3, 0.4) is 0 Å². The molecular weight excluding hydrogens is 207 g/mol. The molecule has 1 aromatic rings. The van der Waals surface area contributed by atoms with Crippen molar-refractivity contribution in [3.8, 4) is 0 Å². The average Bonchev–Trinajstić information content (AvgIpc) is 2.01. The lowest BCUT2D eigenvalue weighted by atomic mass is 10.2. The van der Waals surface area contributed by atoms with Crippen LogP contribution in [0, 0.1) is 0 Å². The number of hydrogen-bond donors (Lipinski definition) is 0. The number of carbonyl (C=O) groups excluding carboxylic acids is 1. The first-order valence-corrected chi connectivity index (χ1v) is 3.51. The first-order chi connectivity index (χ1) is 5.93. The Morgan fingerprint density at radius 2 is 2.00 bits per heavy atom. The van der Waals surface area contributed by atoms with Crippen LogP contribution in [0.1, 0.15) is 16.1 Å². The summed E-state index contributed by atoms with van der Waals surface area (Å²) in [6.45, 7) is 0. The van der Waals surface area contributed by atoms with Gasteiger partial charge in [0, 0.05) is 0 Å². The summed E-state index contributed by atoms with van der Waals surface area (Å²) in [6, 6.07) is 1.30. The topological polar surface area (TPSA) is 30.0 Å². The Hall–Kier alpha value is -1.10. The number of halogens is 4. The van der Waals surface area contributed by atoms with Gasteiger partial charge in [0.2, 0.25) is 0 Å². The van der Waals surface area contributed by atoms with Crippen molar-refractivity contribution in [1.29, 1.82) is 0 Å². The fraction of sp³-hybridized carbons (Fsp3) is 0.143. The Kier molecular flexibility index (Phi) is 2.56. The maximum Gasteiger partial charge on any atom is 0.416 e. The molecule has 2 nitrogen and oxygen atoms in total. The summed E-state index contributed by atoms with van der Waals surface area (Å²) in [7, 11) is 0. The molecule has 0 N–H and O–H groups in total. The van der Waals surface area contributed by atoms with E-state index in [-0.39, 0.29) is 17.1 Å². The number of alkyl halides is 3. The Morgan fingerprint density at radius 3 is 2.46 bits per heavy atom. The van der Waals surface area contributed by atoms with Gasteiger partial charge in [0.1, 0.15) is 10.8 Å². The zero-order valence-corrected chi connectivity index (χ0v) is 6.86. The van der Waals surface area contributed by atoms with Gasteiger partial charge in [-0.15, -0.1) is 0 Å². The lowest BCUT2D eigenvalue weighted by molar-refractivity contribution is -0.137. The largest absolute Gasteiger partial charge is 0.416 e. The van der Waals surface area contributed by atoms with E-state index in [1.54, 1.807) is 0 Å². The summed E-state index contributed by atoms with van der Waals surface area (Å²) >= 11 is 5.26. The third-order valence-electron chi connectivity index (χ3n) is 1.26. The van der Waals surface area contributed by atoms with Crippen molar-refractivity contribution in [3.05, 3.63) is 28.5 Å². The lowest BCUT2D eigenvalue weighted by Crippen LogP contribution is -2.06. The number of hydrogen-bond acceptors (Lipinski definition) is 2. The molecule has 0 saturated heterocycles. The van der Waals surface area contributed by atoms with Crippen LogP contribution < -0.4 is 0 Å². The molecule has 70 valence electrons. The minimum Gasteiger partial charge on any atom is -0.296 e. The quantitative estimate of drug-likeness (QED) is 0.526. The van der Waals surface area contributed by atoms with Gasteiger partial charge >= 0.3 is 6.18 Å². The molecule has 0 atom stereocenters. The maximum atomic E-state index is 12.1. The van der Waals surface area contributed by atoms with Crippen LogP contribution in [-0.4, -0.2) is 11.3 Å². The van der Waals surface area contributed by atoms with Crippen LogP contribution in [0.5, 0.6) is 0 Å². The van der Waals surface area contributed by atoms with Crippen LogP contribution in [-0.2, 0) is 6.18 Å². The first kappa shape index (κ1) is 9.98. The molecule has 1 heterocycles. The van der Waals surface area contributed by atoms with Gasteiger partial charge in [-0.3, -0.25) is 4.79 Å². The molecule has 0 unspecified atom stereocenters. The number of pyridine rings is 1. The highest BCUT2D eigenvalue weighted by Crippen LogP contribution is 2.30. The Bertz CT molecular complexity index is 337. The van der Waals surface area contributed by atoms with E-state index in [9.17, 15) is 18.0 Å². The van der Waals surface area contributed by atoms with Crippen LogP contribution in [0.15, 0.2) is 12.1 Å². The SMILES string of the molecule is O=Cc1cc(C(F)(F)F)cc(Cl)n1. The third-order valence-corrected chi connectivity index (χ3v) is 1.46. The molecule has 1 rings (SSSR count). The molecule has 0 radical (unpaired) electrons. The highest BCUT2D eigenvalue weighted by atomic mass is 35.5. The fourth-order valence-electron chi connectivity index (χ4n) is 0.741. The van der Waals surface area contributed by atoms with E-state index in [0.717, 1.165) is 0 Å². The smallest absolute Gasteiger partial charge is 0.296 e. The second-order valence-electron chi connectivity index (χ2n) is 2.22. The molecule has 0 amide bonds. The molecule has 0 fully saturated rings. The molecule has 6 heteroatoms. The van der Waals surface area contributed by atoms with E-state index in [1.807, 2.05) is 0 Å². The van der Waals surface area contributed by atoms with Crippen molar-refractivity contribution < 1.29 is 18.0 Å². The van der Waals surface area contributed by atoms with Gasteiger partial charge in [0.25, 0.3) is 0 Å². The van der Waals surface area contributed by atoms with Crippen LogP contribution >= 0.6 is 11.6 Å². The van der Waals surface area contributed by atoms with Crippen molar-refractivity contribution in [2.24, 2.45) is 0 Å². The van der Waals surface area contributed by atoms with Gasteiger partial charge in [-0.1, -0.05) is 11.6 Å². The molecule has 0 saturated carbocycles. The predicted octanol–water partition coefficient (Wildman–Crippen LogP) is 2.57. The third kappa shape index (κ3) is 2.42. The van der Waals surface area contributed by atoms with Crippen LogP contribution in [0.25, 0.3) is 0 Å². The van der Waals surface area contributed by atoms with Crippen LogP contribution in [0.4, 0.5) is 13.2 Å². The average molecular weight is 210 g/mol. The van der Waals surface area contributed by atoms with Crippen molar-refractivity contribution in [2.75, 3.05) is 0 Å². The minimum absolute atomic E-state index is 0.209. The molecular formula is C7H3ClF3NO. The van der Waals surface area contributed by atoms with E-state index in [1.165, 1.54) is 0 Å². The summed E-state index contributed by atoms with van der Waals surface area (Å²) in [6.07, 6.45) is -4.30. The number of aldehydes is 1. The monoisotopic (exact) mass is 209 g/mol. The number of aromatic nitrogens is 1. The molecule has 0 aliphatic rings. The zero-order valence-electron chi connectivity index (χ0n) is 6.10. The number of carbonyl (C=O) groups is 1. The van der Waals surface area contributed by atoms with E-state index in [4.69, 9.17) is 11.6 Å². The summed E-state index contributed by atoms with van der Waals surface area (Å²) in [5.41, 5.74) is -1.31. The second-order valence-corrected chi connectivity index (χ2v) is 2.61. The molecule has 0 spiro atoms. The molecule has 13 heavy (non-hydrogen) atoms. The lowest BCUT2D eigenvalue weighted by Gasteiger charge is -2.06. The number of rotatable bonds is 1. The fourth-order valence-corrected chi connectivity index (χ4v) is 0.956. The summed E-state index contributed by atoms with van der Waals surface area (Å²) < 4.78 is 36.2. The Morgan fingerprint density at radius 1 is 1.38 bits per heavy atom. The van der Waals surface area contributed by atoms with E-state index in [0.29, 0.717) is 12.1 Å². The summed E-state index contributed by atoms with van der Waals surface area (Å²) in [5, 5.41) is -0.350. The van der Waals surface area contributed by atoms with Crippen molar-refractivity contribution in [2.45, 2.75) is 6.18 Å². The van der Waals surface area contributed by atoms with E-state index in [2.05, 4.69) is 4.98 Å². The van der Waals surface area contributed by atoms with Crippen molar-refractivity contribution in [3.63, 3.8) is 0 Å². The molecule has 0 aliphatic heterocycles. The van der Waals surface area contributed by atoms with Gasteiger partial charge in [-0.25, -0.2) is 4.98 Å². The second kappa shape index (κ2) is 3.33. The number of nitrogens with zero attached hydrogens (tertiary/aromatic N) is 1. The normalized spacial score (nSPS) is 11.4.